The van der Waals surface area contributed by atoms with E-state index in [1.54, 1.807) is 6.07 Å². The highest BCUT2D eigenvalue weighted by Crippen LogP contribution is 2.21. The third-order valence-electron chi connectivity index (χ3n) is 3.08. The van der Waals surface area contributed by atoms with Crippen molar-refractivity contribution in [1.29, 1.82) is 0 Å². The maximum atomic E-state index is 11.9. The number of hydrogen-bond acceptors (Lipinski definition) is 3. The first-order chi connectivity index (χ1) is 9.74. The summed E-state index contributed by atoms with van der Waals surface area (Å²) >= 11 is 1.37. The molecule has 1 N–H and O–H groups in total. The second-order valence-corrected chi connectivity index (χ2v) is 5.38. The molecule has 1 aromatic heterocycles. The van der Waals surface area contributed by atoms with Gasteiger partial charge < -0.3 is 5.11 Å². The molecule has 0 bridgehead atoms. The molecule has 0 amide bonds. The summed E-state index contributed by atoms with van der Waals surface area (Å²) in [4.78, 5) is 12.5. The number of carbonyl (C=O) groups excluding carboxylic acids is 1. The largest absolute Gasteiger partial charge is 0.507 e. The topological polar surface area (TPSA) is 37.3 Å². The van der Waals surface area contributed by atoms with Crippen LogP contribution in [0.2, 0.25) is 0 Å². The van der Waals surface area contributed by atoms with E-state index in [4.69, 9.17) is 0 Å². The van der Waals surface area contributed by atoms with Crippen LogP contribution in [0.5, 0.6) is 0 Å². The van der Waals surface area contributed by atoms with Gasteiger partial charge in [0.25, 0.3) is 0 Å². The number of aliphatic hydroxyl groups excluding tert-OH is 1. The van der Waals surface area contributed by atoms with Crippen molar-refractivity contribution in [3.63, 3.8) is 0 Å². The minimum atomic E-state index is -0.175. The lowest BCUT2D eigenvalue weighted by atomic mass is 10.1. The van der Waals surface area contributed by atoms with Crippen LogP contribution in [-0.2, 0) is 0 Å². The van der Waals surface area contributed by atoms with Crippen molar-refractivity contribution < 1.29 is 9.90 Å². The molecule has 0 aliphatic heterocycles. The molecule has 3 rings (SSSR count). The van der Waals surface area contributed by atoms with E-state index in [9.17, 15) is 9.90 Å². The van der Waals surface area contributed by atoms with Crippen LogP contribution < -0.4 is 0 Å². The second kappa shape index (κ2) is 5.31. The van der Waals surface area contributed by atoms with Gasteiger partial charge in [0, 0.05) is 11.6 Å². The zero-order chi connectivity index (χ0) is 13.9. The molecule has 2 aromatic carbocycles. The van der Waals surface area contributed by atoms with Crippen molar-refractivity contribution in [3.8, 4) is 0 Å². The number of hydrogen-bond donors (Lipinski definition) is 1. The van der Waals surface area contributed by atoms with Crippen molar-refractivity contribution >= 4 is 33.7 Å². The first kappa shape index (κ1) is 12.6. The van der Waals surface area contributed by atoms with Crippen LogP contribution in [-0.4, -0.2) is 10.9 Å². The maximum absolute atomic E-state index is 11.9. The van der Waals surface area contributed by atoms with Gasteiger partial charge in [0.2, 0.25) is 0 Å². The minimum Gasteiger partial charge on any atom is -0.507 e. The molecule has 0 fully saturated rings. The molecule has 0 atom stereocenters. The summed E-state index contributed by atoms with van der Waals surface area (Å²) in [6, 6.07) is 17.1. The Morgan fingerprint density at radius 3 is 2.55 bits per heavy atom. The highest BCUT2D eigenvalue weighted by atomic mass is 32.1. The quantitative estimate of drug-likeness (QED) is 0.429. The Kier molecular flexibility index (Phi) is 3.35. The smallest absolute Gasteiger partial charge is 0.199 e. The molecule has 0 unspecified atom stereocenters. The van der Waals surface area contributed by atoms with Crippen LogP contribution in [0, 0.1) is 0 Å². The van der Waals surface area contributed by atoms with Crippen LogP contribution in [0.4, 0.5) is 0 Å². The Hall–Kier alpha value is -2.39. The van der Waals surface area contributed by atoms with E-state index in [0.717, 1.165) is 10.8 Å². The molecular weight excluding hydrogens is 268 g/mol. The summed E-state index contributed by atoms with van der Waals surface area (Å²) in [6.45, 7) is 0. The van der Waals surface area contributed by atoms with Crippen LogP contribution in [0.3, 0.4) is 0 Å². The van der Waals surface area contributed by atoms with Gasteiger partial charge >= 0.3 is 0 Å². The number of rotatable bonds is 3. The van der Waals surface area contributed by atoms with Crippen molar-refractivity contribution in [3.05, 3.63) is 76.5 Å². The molecule has 3 heteroatoms. The number of benzene rings is 2. The molecular formula is C17H12O2S. The zero-order valence-electron chi connectivity index (χ0n) is 10.6. The number of allylic oxidation sites excluding steroid dienone is 1. The molecule has 1 heterocycles. The van der Waals surface area contributed by atoms with Gasteiger partial charge in [0.15, 0.2) is 5.78 Å². The Bertz CT molecular complexity index is 786. The van der Waals surface area contributed by atoms with E-state index < -0.39 is 0 Å². The van der Waals surface area contributed by atoms with Crippen molar-refractivity contribution in [1.82, 2.24) is 0 Å². The monoisotopic (exact) mass is 280 g/mol. The molecule has 0 saturated heterocycles. The molecule has 20 heavy (non-hydrogen) atoms. The van der Waals surface area contributed by atoms with Crippen molar-refractivity contribution in [2.45, 2.75) is 0 Å². The van der Waals surface area contributed by atoms with Crippen molar-refractivity contribution in [2.24, 2.45) is 0 Å². The molecule has 2 nitrogen and oxygen atoms in total. The van der Waals surface area contributed by atoms with Gasteiger partial charge in [0.1, 0.15) is 5.76 Å². The van der Waals surface area contributed by atoms with E-state index in [2.05, 4.69) is 0 Å². The van der Waals surface area contributed by atoms with Gasteiger partial charge in [-0.25, -0.2) is 0 Å². The highest BCUT2D eigenvalue weighted by Gasteiger charge is 2.07. The molecule has 98 valence electrons. The molecule has 0 spiro atoms. The SMILES string of the molecule is O=C(/C=C(\O)c1ccc2ccccc2c1)c1cccs1. The summed E-state index contributed by atoms with van der Waals surface area (Å²) in [7, 11) is 0. The molecule has 0 aliphatic carbocycles. The number of thiophene rings is 1. The van der Waals surface area contributed by atoms with Gasteiger partial charge in [-0.1, -0.05) is 42.5 Å². The van der Waals surface area contributed by atoms with E-state index >= 15 is 0 Å². The zero-order valence-corrected chi connectivity index (χ0v) is 11.4. The number of ketones is 1. The second-order valence-electron chi connectivity index (χ2n) is 4.43. The molecule has 0 radical (unpaired) electrons. The van der Waals surface area contributed by atoms with Crippen LogP contribution in [0.25, 0.3) is 16.5 Å². The summed E-state index contributed by atoms with van der Waals surface area (Å²) in [5.41, 5.74) is 0.647. The first-order valence-corrected chi connectivity index (χ1v) is 7.10. The lowest BCUT2D eigenvalue weighted by Crippen LogP contribution is -1.93. The van der Waals surface area contributed by atoms with Gasteiger partial charge in [-0.15, -0.1) is 11.3 Å². The lowest BCUT2D eigenvalue weighted by Gasteiger charge is -2.03. The molecule has 3 aromatic rings. The summed E-state index contributed by atoms with van der Waals surface area (Å²) in [5, 5.41) is 14.1. The average molecular weight is 280 g/mol. The van der Waals surface area contributed by atoms with Crippen LogP contribution >= 0.6 is 11.3 Å². The van der Waals surface area contributed by atoms with E-state index in [-0.39, 0.29) is 11.5 Å². The van der Waals surface area contributed by atoms with Gasteiger partial charge in [-0.3, -0.25) is 4.79 Å². The Labute approximate surface area is 120 Å². The average Bonchev–Trinajstić information content (AvgIpc) is 3.01. The first-order valence-electron chi connectivity index (χ1n) is 6.22. The molecule has 0 aliphatic rings. The third-order valence-corrected chi connectivity index (χ3v) is 3.96. The fourth-order valence-corrected chi connectivity index (χ4v) is 2.68. The Morgan fingerprint density at radius 2 is 1.80 bits per heavy atom. The summed E-state index contributed by atoms with van der Waals surface area (Å²) in [5.74, 6) is -0.181. The highest BCUT2D eigenvalue weighted by molar-refractivity contribution is 7.12. The summed E-state index contributed by atoms with van der Waals surface area (Å²) < 4.78 is 0. The Balaban J connectivity index is 1.95. The predicted molar refractivity (Wildman–Crippen MR) is 83.2 cm³/mol. The number of aliphatic hydroxyl groups is 1. The number of fused-ring (bicyclic) bond motifs is 1. The van der Waals surface area contributed by atoms with E-state index in [0.29, 0.717) is 10.4 Å². The fraction of sp³-hybridized carbons (Fsp3) is 0. The van der Waals surface area contributed by atoms with E-state index in [1.807, 2.05) is 53.9 Å². The van der Waals surface area contributed by atoms with Crippen LogP contribution in [0.15, 0.2) is 66.1 Å². The summed E-state index contributed by atoms with van der Waals surface area (Å²) in [6.07, 6.45) is 1.27. The predicted octanol–water partition coefficient (Wildman–Crippen LogP) is 4.68. The Morgan fingerprint density at radius 1 is 1.00 bits per heavy atom. The fourth-order valence-electron chi connectivity index (χ4n) is 2.05. The van der Waals surface area contributed by atoms with Crippen molar-refractivity contribution in [2.75, 3.05) is 0 Å². The normalized spacial score (nSPS) is 11.7. The minimum absolute atomic E-state index is 0.00541. The van der Waals surface area contributed by atoms with Crippen LogP contribution in [0.1, 0.15) is 15.2 Å². The molecule has 0 saturated carbocycles. The third kappa shape index (κ3) is 2.49. The standard InChI is InChI=1S/C17H12O2S/c18-15(11-16(19)17-6-3-9-20-17)14-8-7-12-4-1-2-5-13(12)10-14/h1-11,18H/b15-11-. The van der Waals surface area contributed by atoms with E-state index in [1.165, 1.54) is 17.4 Å². The van der Waals surface area contributed by atoms with Gasteiger partial charge in [0.05, 0.1) is 4.88 Å². The van der Waals surface area contributed by atoms with Gasteiger partial charge in [-0.2, -0.15) is 0 Å². The lowest BCUT2D eigenvalue weighted by molar-refractivity contribution is 0.105. The van der Waals surface area contributed by atoms with Gasteiger partial charge in [-0.05, 0) is 28.3 Å². The number of carbonyl (C=O) groups is 1. The maximum Gasteiger partial charge on any atom is 0.199 e.